The van der Waals surface area contributed by atoms with Crippen molar-refractivity contribution in [3.8, 4) is 11.5 Å². The van der Waals surface area contributed by atoms with E-state index >= 15 is 0 Å². The van der Waals surface area contributed by atoms with Crippen LogP contribution in [0.15, 0.2) is 24.3 Å². The van der Waals surface area contributed by atoms with E-state index in [2.05, 4.69) is 0 Å². The molecule has 1 atom stereocenters. The third-order valence-electron chi connectivity index (χ3n) is 3.67. The lowest BCUT2D eigenvalue weighted by Gasteiger charge is -2.19. The van der Waals surface area contributed by atoms with Crippen LogP contribution in [0.2, 0.25) is 0 Å². The van der Waals surface area contributed by atoms with Gasteiger partial charge >= 0.3 is 5.97 Å². The van der Waals surface area contributed by atoms with Gasteiger partial charge in [0, 0.05) is 24.3 Å². The van der Waals surface area contributed by atoms with E-state index in [1.807, 2.05) is 0 Å². The normalized spacial score (nSPS) is 17.7. The molecule has 22 heavy (non-hydrogen) atoms. The van der Waals surface area contributed by atoms with Gasteiger partial charge in [-0.05, 0) is 31.1 Å². The highest BCUT2D eigenvalue weighted by molar-refractivity contribution is 5.95. The van der Waals surface area contributed by atoms with Crippen molar-refractivity contribution in [2.45, 2.75) is 18.9 Å². The number of methoxy groups -OCH3 is 2. The summed E-state index contributed by atoms with van der Waals surface area (Å²) in [6.07, 6.45) is 4.21. The molecule has 2 rings (SSSR count). The van der Waals surface area contributed by atoms with Crippen LogP contribution in [-0.2, 0) is 9.59 Å². The van der Waals surface area contributed by atoms with Crippen LogP contribution < -0.4 is 9.47 Å². The lowest BCUT2D eigenvalue weighted by molar-refractivity contribution is -0.146. The highest BCUT2D eigenvalue weighted by Crippen LogP contribution is 2.26. The minimum Gasteiger partial charge on any atom is -0.497 e. The largest absolute Gasteiger partial charge is 0.497 e. The van der Waals surface area contributed by atoms with Gasteiger partial charge in [-0.2, -0.15) is 0 Å². The standard InChI is InChI=1S/C16H19NO5/c1-21-12-7-5-11(14(10-12)22-2)6-8-15(18)17-9-3-4-13(17)16(19)20/h5-8,10,13H,3-4,9H2,1-2H3,(H,19,20). The van der Waals surface area contributed by atoms with E-state index < -0.39 is 12.0 Å². The molecule has 6 heteroatoms. The summed E-state index contributed by atoms with van der Waals surface area (Å²) in [5, 5.41) is 9.11. The summed E-state index contributed by atoms with van der Waals surface area (Å²) in [5.74, 6) is -0.0190. The van der Waals surface area contributed by atoms with Crippen LogP contribution in [0.1, 0.15) is 18.4 Å². The van der Waals surface area contributed by atoms with Gasteiger partial charge in [0.2, 0.25) is 5.91 Å². The Morgan fingerprint density at radius 2 is 2.09 bits per heavy atom. The first-order valence-corrected chi connectivity index (χ1v) is 7.00. The molecule has 1 amide bonds. The molecule has 118 valence electrons. The number of amides is 1. The zero-order valence-electron chi connectivity index (χ0n) is 12.6. The van der Waals surface area contributed by atoms with Gasteiger partial charge in [-0.1, -0.05) is 0 Å². The Hall–Kier alpha value is -2.50. The Bertz CT molecular complexity index is 596. The lowest BCUT2D eigenvalue weighted by Crippen LogP contribution is -2.39. The molecule has 0 saturated carbocycles. The van der Waals surface area contributed by atoms with Crippen molar-refractivity contribution in [3.63, 3.8) is 0 Å². The molecule has 1 heterocycles. The third kappa shape index (κ3) is 3.39. The molecule has 6 nitrogen and oxygen atoms in total. The molecule has 0 bridgehead atoms. The van der Waals surface area contributed by atoms with Crippen LogP contribution in [0.5, 0.6) is 11.5 Å². The number of carboxylic acid groups (broad SMARTS) is 1. The van der Waals surface area contributed by atoms with Gasteiger partial charge in [0.1, 0.15) is 17.5 Å². The van der Waals surface area contributed by atoms with Crippen LogP contribution in [-0.4, -0.2) is 48.7 Å². The molecule has 1 N–H and O–H groups in total. The molecule has 0 aromatic heterocycles. The summed E-state index contributed by atoms with van der Waals surface area (Å²) < 4.78 is 10.4. The van der Waals surface area contributed by atoms with E-state index in [4.69, 9.17) is 14.6 Å². The SMILES string of the molecule is COc1ccc(C=CC(=O)N2CCCC2C(=O)O)c(OC)c1. The van der Waals surface area contributed by atoms with Gasteiger partial charge in [0.05, 0.1) is 14.2 Å². The number of ether oxygens (including phenoxy) is 2. The molecule has 1 unspecified atom stereocenters. The van der Waals surface area contributed by atoms with E-state index in [0.717, 1.165) is 5.56 Å². The first-order valence-electron chi connectivity index (χ1n) is 7.00. The molecule has 1 saturated heterocycles. The third-order valence-corrected chi connectivity index (χ3v) is 3.67. The average molecular weight is 305 g/mol. The molecule has 1 aliphatic rings. The molecule has 1 aromatic rings. The molecule has 1 aromatic carbocycles. The van der Waals surface area contributed by atoms with Crippen molar-refractivity contribution < 1.29 is 24.2 Å². The van der Waals surface area contributed by atoms with Crippen molar-refractivity contribution in [3.05, 3.63) is 29.8 Å². The van der Waals surface area contributed by atoms with Crippen molar-refractivity contribution >= 4 is 18.0 Å². The number of carbonyl (C=O) groups excluding carboxylic acids is 1. The summed E-state index contributed by atoms with van der Waals surface area (Å²) in [5.41, 5.74) is 0.725. The second-order valence-electron chi connectivity index (χ2n) is 4.97. The first-order chi connectivity index (χ1) is 10.6. The van der Waals surface area contributed by atoms with Gasteiger partial charge < -0.3 is 19.5 Å². The molecular weight excluding hydrogens is 286 g/mol. The molecular formula is C16H19NO5. The van der Waals surface area contributed by atoms with Crippen molar-refractivity contribution in [2.24, 2.45) is 0 Å². The molecule has 0 spiro atoms. The monoisotopic (exact) mass is 305 g/mol. The molecule has 1 aliphatic heterocycles. The fourth-order valence-corrected chi connectivity index (χ4v) is 2.50. The minimum absolute atomic E-state index is 0.303. The predicted octanol–water partition coefficient (Wildman–Crippen LogP) is 1.79. The van der Waals surface area contributed by atoms with Crippen LogP contribution in [0.4, 0.5) is 0 Å². The van der Waals surface area contributed by atoms with E-state index in [0.29, 0.717) is 30.9 Å². The Morgan fingerprint density at radius 1 is 1.32 bits per heavy atom. The number of likely N-dealkylation sites (tertiary alicyclic amines) is 1. The fourth-order valence-electron chi connectivity index (χ4n) is 2.50. The molecule has 1 fully saturated rings. The second-order valence-corrected chi connectivity index (χ2v) is 4.97. The van der Waals surface area contributed by atoms with Crippen LogP contribution in [0.25, 0.3) is 6.08 Å². The van der Waals surface area contributed by atoms with E-state index in [1.165, 1.54) is 18.1 Å². The zero-order valence-corrected chi connectivity index (χ0v) is 12.6. The number of nitrogens with zero attached hydrogens (tertiary/aromatic N) is 1. The first kappa shape index (κ1) is 15.9. The Balaban J connectivity index is 2.14. The summed E-state index contributed by atoms with van der Waals surface area (Å²) in [7, 11) is 3.10. The van der Waals surface area contributed by atoms with Gasteiger partial charge in [-0.15, -0.1) is 0 Å². The van der Waals surface area contributed by atoms with E-state index in [1.54, 1.807) is 31.4 Å². The number of carbonyl (C=O) groups is 2. The molecule has 0 aliphatic carbocycles. The average Bonchev–Trinajstić information content (AvgIpc) is 3.02. The number of aliphatic carboxylic acids is 1. The summed E-state index contributed by atoms with van der Waals surface area (Å²) in [6, 6.07) is 4.54. The summed E-state index contributed by atoms with van der Waals surface area (Å²) >= 11 is 0. The van der Waals surface area contributed by atoms with Gasteiger partial charge in [0.15, 0.2) is 0 Å². The number of benzene rings is 1. The van der Waals surface area contributed by atoms with Crippen LogP contribution in [0, 0.1) is 0 Å². The zero-order chi connectivity index (χ0) is 16.1. The fraction of sp³-hybridized carbons (Fsp3) is 0.375. The van der Waals surface area contributed by atoms with E-state index in [9.17, 15) is 9.59 Å². The van der Waals surface area contributed by atoms with Crippen molar-refractivity contribution in [2.75, 3.05) is 20.8 Å². The van der Waals surface area contributed by atoms with Gasteiger partial charge in [0.25, 0.3) is 0 Å². The van der Waals surface area contributed by atoms with Gasteiger partial charge in [-0.3, -0.25) is 4.79 Å². The number of carboxylic acids is 1. The topological polar surface area (TPSA) is 76.1 Å². The van der Waals surface area contributed by atoms with Crippen molar-refractivity contribution in [1.82, 2.24) is 4.90 Å². The minimum atomic E-state index is -0.957. The predicted molar refractivity (Wildman–Crippen MR) is 81.0 cm³/mol. The van der Waals surface area contributed by atoms with Crippen LogP contribution >= 0.6 is 0 Å². The highest BCUT2D eigenvalue weighted by atomic mass is 16.5. The van der Waals surface area contributed by atoms with Crippen LogP contribution in [0.3, 0.4) is 0 Å². The van der Waals surface area contributed by atoms with Crippen molar-refractivity contribution in [1.29, 1.82) is 0 Å². The maximum absolute atomic E-state index is 12.2. The molecule has 0 radical (unpaired) electrons. The summed E-state index contributed by atoms with van der Waals surface area (Å²) in [4.78, 5) is 24.7. The maximum atomic E-state index is 12.2. The highest BCUT2D eigenvalue weighted by Gasteiger charge is 2.32. The number of hydrogen-bond acceptors (Lipinski definition) is 4. The quantitative estimate of drug-likeness (QED) is 0.839. The maximum Gasteiger partial charge on any atom is 0.326 e. The number of rotatable bonds is 5. The Morgan fingerprint density at radius 3 is 2.73 bits per heavy atom. The van der Waals surface area contributed by atoms with E-state index in [-0.39, 0.29) is 5.91 Å². The Labute approximate surface area is 128 Å². The Kier molecular flexibility index (Phi) is 5.04. The van der Waals surface area contributed by atoms with Gasteiger partial charge in [-0.25, -0.2) is 4.79 Å². The second kappa shape index (κ2) is 6.98. The number of hydrogen-bond donors (Lipinski definition) is 1. The smallest absolute Gasteiger partial charge is 0.326 e. The summed E-state index contributed by atoms with van der Waals surface area (Å²) in [6.45, 7) is 0.472. The lowest BCUT2D eigenvalue weighted by atomic mass is 10.1.